The Morgan fingerprint density at radius 3 is 2.89 bits per heavy atom. The summed E-state index contributed by atoms with van der Waals surface area (Å²) in [6.07, 6.45) is 5.47. The summed E-state index contributed by atoms with van der Waals surface area (Å²) in [6, 6.07) is 3.62. The van der Waals surface area contributed by atoms with Crippen LogP contribution < -0.4 is 10.1 Å². The van der Waals surface area contributed by atoms with Crippen LogP contribution in [0.25, 0.3) is 0 Å². The first kappa shape index (κ1) is 14.2. The molecular weight excluding hydrogens is 252 g/mol. The fraction of sp³-hybridized carbons (Fsp3) is 0.167. The zero-order valence-corrected chi connectivity index (χ0v) is 9.79. The van der Waals surface area contributed by atoms with Crippen LogP contribution in [-0.2, 0) is 4.79 Å². The molecule has 0 bridgehead atoms. The van der Waals surface area contributed by atoms with Gasteiger partial charge in [-0.25, -0.2) is 0 Å². The fourth-order valence-corrected chi connectivity index (χ4v) is 1.21. The maximum atomic E-state index is 11.2. The highest BCUT2D eigenvalue weighted by molar-refractivity contribution is 5.79. The molecule has 0 heterocycles. The number of rotatable bonds is 6. The van der Waals surface area contributed by atoms with Gasteiger partial charge in [-0.15, -0.1) is 6.42 Å². The third kappa shape index (κ3) is 4.12. The summed E-state index contributed by atoms with van der Waals surface area (Å²) in [4.78, 5) is 31.9. The number of carbonyl (C=O) groups excluding carboxylic acids is 2. The minimum Gasteiger partial charge on any atom is -0.477 e. The number of benzene rings is 1. The van der Waals surface area contributed by atoms with Crippen molar-refractivity contribution in [3.8, 4) is 18.1 Å². The average molecular weight is 262 g/mol. The molecular formula is C12H10N2O5. The van der Waals surface area contributed by atoms with Crippen molar-refractivity contribution in [1.82, 2.24) is 5.32 Å². The Bertz CT molecular complexity index is 548. The van der Waals surface area contributed by atoms with Gasteiger partial charge in [0.05, 0.1) is 11.5 Å². The van der Waals surface area contributed by atoms with Crippen LogP contribution >= 0.6 is 0 Å². The van der Waals surface area contributed by atoms with Crippen molar-refractivity contribution in [2.24, 2.45) is 0 Å². The SMILES string of the molecule is C#CCNC(=O)COc1cc(C=O)ccc1[N+](=O)[O-]. The van der Waals surface area contributed by atoms with E-state index >= 15 is 0 Å². The number of ether oxygens (including phenoxy) is 1. The number of hydrogen-bond donors (Lipinski definition) is 1. The van der Waals surface area contributed by atoms with Gasteiger partial charge in [0.2, 0.25) is 0 Å². The number of aldehydes is 1. The van der Waals surface area contributed by atoms with Crippen LogP contribution in [-0.4, -0.2) is 30.3 Å². The quantitative estimate of drug-likeness (QED) is 0.349. The van der Waals surface area contributed by atoms with Gasteiger partial charge in [-0.3, -0.25) is 19.7 Å². The van der Waals surface area contributed by atoms with Gasteiger partial charge in [0.1, 0.15) is 6.29 Å². The Kier molecular flexibility index (Phi) is 5.04. The molecule has 0 unspecified atom stereocenters. The number of amides is 1. The summed E-state index contributed by atoms with van der Waals surface area (Å²) in [5.41, 5.74) is -0.111. The molecule has 98 valence electrons. The van der Waals surface area contributed by atoms with E-state index in [4.69, 9.17) is 11.2 Å². The van der Waals surface area contributed by atoms with E-state index in [-0.39, 0.29) is 23.5 Å². The second kappa shape index (κ2) is 6.76. The molecule has 0 aromatic heterocycles. The van der Waals surface area contributed by atoms with Crippen molar-refractivity contribution < 1.29 is 19.2 Å². The third-order valence-corrected chi connectivity index (χ3v) is 2.06. The highest BCUT2D eigenvalue weighted by Gasteiger charge is 2.16. The van der Waals surface area contributed by atoms with Crippen molar-refractivity contribution in [3.63, 3.8) is 0 Å². The molecule has 1 rings (SSSR count). The lowest BCUT2D eigenvalue weighted by molar-refractivity contribution is -0.385. The molecule has 1 N–H and O–H groups in total. The second-order valence-electron chi connectivity index (χ2n) is 3.37. The summed E-state index contributed by atoms with van der Waals surface area (Å²) >= 11 is 0. The molecule has 1 aromatic rings. The number of nitro groups is 1. The van der Waals surface area contributed by atoms with Crippen LogP contribution in [0.5, 0.6) is 5.75 Å². The summed E-state index contributed by atoms with van der Waals surface area (Å²) in [5, 5.41) is 13.1. The summed E-state index contributed by atoms with van der Waals surface area (Å²) < 4.78 is 5.02. The number of carbonyl (C=O) groups is 2. The Balaban J connectivity index is 2.81. The fourth-order valence-electron chi connectivity index (χ4n) is 1.21. The molecule has 7 heteroatoms. The highest BCUT2D eigenvalue weighted by atomic mass is 16.6. The van der Waals surface area contributed by atoms with Gasteiger partial charge in [0.15, 0.2) is 12.4 Å². The van der Waals surface area contributed by atoms with Crippen LogP contribution in [0.3, 0.4) is 0 Å². The van der Waals surface area contributed by atoms with Crippen molar-refractivity contribution >= 4 is 17.9 Å². The van der Waals surface area contributed by atoms with Crippen molar-refractivity contribution in [2.45, 2.75) is 0 Å². The van der Waals surface area contributed by atoms with E-state index in [1.807, 2.05) is 0 Å². The van der Waals surface area contributed by atoms with Crippen LogP contribution in [0.4, 0.5) is 5.69 Å². The highest BCUT2D eigenvalue weighted by Crippen LogP contribution is 2.27. The van der Waals surface area contributed by atoms with E-state index in [1.54, 1.807) is 0 Å². The molecule has 0 saturated heterocycles. The Morgan fingerprint density at radius 2 is 2.32 bits per heavy atom. The predicted octanol–water partition coefficient (Wildman–Crippen LogP) is 0.535. The van der Waals surface area contributed by atoms with E-state index in [0.29, 0.717) is 6.29 Å². The zero-order chi connectivity index (χ0) is 14.3. The minimum absolute atomic E-state index is 0.0403. The summed E-state index contributed by atoms with van der Waals surface area (Å²) in [6.45, 7) is -0.385. The molecule has 19 heavy (non-hydrogen) atoms. The minimum atomic E-state index is -0.663. The number of hydrogen-bond acceptors (Lipinski definition) is 5. The van der Waals surface area contributed by atoms with E-state index in [0.717, 1.165) is 6.07 Å². The molecule has 0 spiro atoms. The standard InChI is InChI=1S/C12H10N2O5/c1-2-5-13-12(16)8-19-11-6-9(7-15)3-4-10(11)14(17)18/h1,3-4,6-7H,5,8H2,(H,13,16). The predicted molar refractivity (Wildman–Crippen MR) is 65.8 cm³/mol. The van der Waals surface area contributed by atoms with Crippen molar-refractivity contribution in [2.75, 3.05) is 13.2 Å². The Hall–Kier alpha value is -2.88. The van der Waals surface area contributed by atoms with E-state index in [1.165, 1.54) is 12.1 Å². The monoisotopic (exact) mass is 262 g/mol. The van der Waals surface area contributed by atoms with Crippen LogP contribution in [0.1, 0.15) is 10.4 Å². The first-order valence-corrected chi connectivity index (χ1v) is 5.15. The van der Waals surface area contributed by atoms with E-state index < -0.39 is 17.4 Å². The van der Waals surface area contributed by atoms with Crippen molar-refractivity contribution in [1.29, 1.82) is 0 Å². The maximum absolute atomic E-state index is 11.2. The molecule has 0 aliphatic heterocycles. The van der Waals surface area contributed by atoms with Gasteiger partial charge >= 0.3 is 5.69 Å². The van der Waals surface area contributed by atoms with Gasteiger partial charge in [-0.05, 0) is 12.1 Å². The van der Waals surface area contributed by atoms with Gasteiger partial charge in [-0.2, -0.15) is 0 Å². The normalized spacial score (nSPS) is 9.21. The lowest BCUT2D eigenvalue weighted by Crippen LogP contribution is -2.29. The van der Waals surface area contributed by atoms with Crippen LogP contribution in [0, 0.1) is 22.5 Å². The molecule has 7 nitrogen and oxygen atoms in total. The largest absolute Gasteiger partial charge is 0.477 e. The number of terminal acetylenes is 1. The maximum Gasteiger partial charge on any atom is 0.310 e. The van der Waals surface area contributed by atoms with Crippen LogP contribution in [0.15, 0.2) is 18.2 Å². The Morgan fingerprint density at radius 1 is 1.58 bits per heavy atom. The molecule has 1 aromatic carbocycles. The number of nitro benzene ring substituents is 1. The first-order valence-electron chi connectivity index (χ1n) is 5.15. The second-order valence-corrected chi connectivity index (χ2v) is 3.37. The average Bonchev–Trinajstić information content (AvgIpc) is 2.42. The molecule has 0 radical (unpaired) electrons. The topological polar surface area (TPSA) is 98.5 Å². The third-order valence-electron chi connectivity index (χ3n) is 2.06. The first-order chi connectivity index (χ1) is 9.08. The Labute approximate surface area is 108 Å². The summed E-state index contributed by atoms with van der Waals surface area (Å²) in [7, 11) is 0. The van der Waals surface area contributed by atoms with Gasteiger partial charge in [0, 0.05) is 11.6 Å². The molecule has 0 atom stereocenters. The smallest absolute Gasteiger partial charge is 0.310 e. The summed E-state index contributed by atoms with van der Waals surface area (Å²) in [5.74, 6) is 1.54. The lowest BCUT2D eigenvalue weighted by Gasteiger charge is -2.06. The van der Waals surface area contributed by atoms with Gasteiger partial charge in [0.25, 0.3) is 5.91 Å². The van der Waals surface area contributed by atoms with Crippen LogP contribution in [0.2, 0.25) is 0 Å². The van der Waals surface area contributed by atoms with E-state index in [2.05, 4.69) is 11.2 Å². The van der Waals surface area contributed by atoms with E-state index in [9.17, 15) is 19.7 Å². The lowest BCUT2D eigenvalue weighted by atomic mass is 10.2. The number of nitrogens with one attached hydrogen (secondary N) is 1. The number of nitrogens with zero attached hydrogens (tertiary/aromatic N) is 1. The molecule has 1 amide bonds. The molecule has 0 fully saturated rings. The molecule has 0 aliphatic rings. The zero-order valence-electron chi connectivity index (χ0n) is 9.79. The van der Waals surface area contributed by atoms with Gasteiger partial charge in [-0.1, -0.05) is 5.92 Å². The molecule has 0 aliphatic carbocycles. The molecule has 0 saturated carbocycles. The van der Waals surface area contributed by atoms with Gasteiger partial charge < -0.3 is 10.1 Å². The van der Waals surface area contributed by atoms with Crippen molar-refractivity contribution in [3.05, 3.63) is 33.9 Å².